The Labute approximate surface area is 184 Å². The molecule has 0 bridgehead atoms. The second-order valence-electron chi connectivity index (χ2n) is 7.43. The minimum Gasteiger partial charge on any atom is -0.497 e. The van der Waals surface area contributed by atoms with Crippen LogP contribution in [0.25, 0.3) is 11.3 Å². The Kier molecular flexibility index (Phi) is 5.99. The molecule has 0 spiro atoms. The van der Waals surface area contributed by atoms with Crippen LogP contribution in [0.15, 0.2) is 24.3 Å². The maximum absolute atomic E-state index is 12.9. The first-order chi connectivity index (χ1) is 15.0. The van der Waals surface area contributed by atoms with E-state index in [0.717, 1.165) is 35.7 Å². The van der Waals surface area contributed by atoms with E-state index < -0.39 is 0 Å². The number of benzene rings is 1. The van der Waals surface area contributed by atoms with Crippen molar-refractivity contribution in [1.29, 1.82) is 0 Å². The van der Waals surface area contributed by atoms with Gasteiger partial charge in [-0.25, -0.2) is 4.98 Å². The topological polar surface area (TPSA) is 113 Å². The average Bonchev–Trinajstić information content (AvgIpc) is 3.45. The predicted octanol–water partition coefficient (Wildman–Crippen LogP) is 2.62. The zero-order valence-electron chi connectivity index (χ0n) is 17.6. The van der Waals surface area contributed by atoms with Crippen molar-refractivity contribution in [3.8, 4) is 17.0 Å². The molecule has 0 saturated carbocycles. The number of ether oxygens (including phenoxy) is 1. The molecule has 1 saturated heterocycles. The van der Waals surface area contributed by atoms with Crippen LogP contribution in [0.5, 0.6) is 5.75 Å². The molecule has 162 valence electrons. The van der Waals surface area contributed by atoms with Crippen LogP contribution < -0.4 is 10.1 Å². The van der Waals surface area contributed by atoms with Crippen molar-refractivity contribution in [1.82, 2.24) is 29.8 Å². The van der Waals surface area contributed by atoms with E-state index in [1.165, 1.54) is 0 Å². The molecule has 0 radical (unpaired) electrons. The normalized spacial score (nSPS) is 16.2. The summed E-state index contributed by atoms with van der Waals surface area (Å²) in [6, 6.07) is 7.43. The highest BCUT2D eigenvalue weighted by Crippen LogP contribution is 2.31. The number of hydrogen-bond acceptors (Lipinski definition) is 7. The van der Waals surface area contributed by atoms with E-state index >= 15 is 0 Å². The summed E-state index contributed by atoms with van der Waals surface area (Å²) in [7, 11) is 3.20. The van der Waals surface area contributed by atoms with Crippen molar-refractivity contribution < 1.29 is 14.3 Å². The van der Waals surface area contributed by atoms with E-state index in [1.807, 2.05) is 29.2 Å². The number of piperidine rings is 1. The molecule has 9 nitrogen and oxygen atoms in total. The summed E-state index contributed by atoms with van der Waals surface area (Å²) >= 11 is 1.12. The van der Waals surface area contributed by atoms with E-state index in [4.69, 9.17) is 9.72 Å². The van der Waals surface area contributed by atoms with Gasteiger partial charge in [0.1, 0.15) is 27.8 Å². The zero-order valence-corrected chi connectivity index (χ0v) is 18.5. The van der Waals surface area contributed by atoms with Crippen LogP contribution in [0.1, 0.15) is 50.4 Å². The number of methoxy groups -OCH3 is 1. The van der Waals surface area contributed by atoms with Gasteiger partial charge in [-0.2, -0.15) is 0 Å². The van der Waals surface area contributed by atoms with Gasteiger partial charge in [0.2, 0.25) is 0 Å². The molecule has 3 heterocycles. The third-order valence-electron chi connectivity index (χ3n) is 5.48. The molecular formula is C21H24N6O3S. The van der Waals surface area contributed by atoms with Crippen molar-refractivity contribution in [3.63, 3.8) is 0 Å². The third-order valence-corrected chi connectivity index (χ3v) is 6.30. The van der Waals surface area contributed by atoms with Gasteiger partial charge in [-0.05, 0) is 55.6 Å². The fourth-order valence-electron chi connectivity index (χ4n) is 3.79. The number of aromatic nitrogens is 4. The molecule has 0 unspecified atom stereocenters. The highest BCUT2D eigenvalue weighted by atomic mass is 32.1. The summed E-state index contributed by atoms with van der Waals surface area (Å²) < 4.78 is 9.10. The Balaban J connectivity index is 1.62. The summed E-state index contributed by atoms with van der Waals surface area (Å²) in [5, 5.41) is 6.62. The molecule has 2 aromatic heterocycles. The number of aromatic amines is 1. The number of likely N-dealkylation sites (tertiary alicyclic amines) is 1. The standard InChI is InChI=1S/C21H24N6O3S/c1-12-18(31-26-25-12)21(29)27-10-4-5-14(11-27)19-23-16(17(24-19)20(28)22-2)13-6-8-15(30-3)9-7-13/h6-9,14H,4-5,10-11H2,1-3H3,(H,22,28)(H,23,24)/t14-/m0/s1. The second kappa shape index (κ2) is 8.84. The van der Waals surface area contributed by atoms with Gasteiger partial charge in [0, 0.05) is 31.6 Å². The Morgan fingerprint density at radius 1 is 1.29 bits per heavy atom. The molecule has 3 aromatic rings. The lowest BCUT2D eigenvalue weighted by atomic mass is 9.97. The first kappa shape index (κ1) is 21.0. The van der Waals surface area contributed by atoms with Crippen LogP contribution in [0.4, 0.5) is 0 Å². The number of H-pyrrole nitrogens is 1. The van der Waals surface area contributed by atoms with Crippen molar-refractivity contribution in [2.45, 2.75) is 25.7 Å². The number of carbonyl (C=O) groups is 2. The quantitative estimate of drug-likeness (QED) is 0.631. The highest BCUT2D eigenvalue weighted by Gasteiger charge is 2.30. The second-order valence-corrected chi connectivity index (χ2v) is 8.19. The fourth-order valence-corrected chi connectivity index (χ4v) is 4.41. The number of aryl methyl sites for hydroxylation is 1. The largest absolute Gasteiger partial charge is 0.497 e. The van der Waals surface area contributed by atoms with Crippen molar-refractivity contribution >= 4 is 23.3 Å². The van der Waals surface area contributed by atoms with Gasteiger partial charge in [0.25, 0.3) is 11.8 Å². The molecular weight excluding hydrogens is 416 g/mol. The summed E-state index contributed by atoms with van der Waals surface area (Å²) in [6.45, 7) is 3.00. The van der Waals surface area contributed by atoms with Crippen molar-refractivity contribution in [2.24, 2.45) is 0 Å². The number of amides is 2. The molecule has 4 rings (SSSR count). The summed E-state index contributed by atoms with van der Waals surface area (Å²) in [6.07, 6.45) is 1.74. The molecule has 0 aliphatic carbocycles. The first-order valence-corrected chi connectivity index (χ1v) is 10.8. The zero-order chi connectivity index (χ0) is 22.0. The fraction of sp³-hybridized carbons (Fsp3) is 0.381. The molecule has 1 fully saturated rings. The van der Waals surface area contributed by atoms with E-state index in [0.29, 0.717) is 40.9 Å². The lowest BCUT2D eigenvalue weighted by molar-refractivity contribution is 0.0708. The third kappa shape index (κ3) is 4.15. The maximum atomic E-state index is 12.9. The van der Waals surface area contributed by atoms with Crippen LogP contribution in [0.3, 0.4) is 0 Å². The summed E-state index contributed by atoms with van der Waals surface area (Å²) in [5.41, 5.74) is 2.47. The predicted molar refractivity (Wildman–Crippen MR) is 116 cm³/mol. The maximum Gasteiger partial charge on any atom is 0.269 e. The van der Waals surface area contributed by atoms with Gasteiger partial charge < -0.3 is 19.9 Å². The summed E-state index contributed by atoms with van der Waals surface area (Å²) in [5.74, 6) is 1.16. The molecule has 2 amide bonds. The van der Waals surface area contributed by atoms with Gasteiger partial charge in [-0.3, -0.25) is 9.59 Å². The monoisotopic (exact) mass is 440 g/mol. The Bertz CT molecular complexity index is 1090. The number of nitrogens with zero attached hydrogens (tertiary/aromatic N) is 4. The minimum atomic E-state index is -0.236. The Hall–Kier alpha value is -3.27. The Morgan fingerprint density at radius 3 is 2.71 bits per heavy atom. The van der Waals surface area contributed by atoms with Gasteiger partial charge in [-0.1, -0.05) is 4.49 Å². The van der Waals surface area contributed by atoms with Gasteiger partial charge in [0.05, 0.1) is 12.8 Å². The van der Waals surface area contributed by atoms with Gasteiger partial charge in [-0.15, -0.1) is 5.10 Å². The molecule has 1 aromatic carbocycles. The van der Waals surface area contributed by atoms with Crippen molar-refractivity contribution in [3.05, 3.63) is 46.4 Å². The van der Waals surface area contributed by atoms with E-state index in [2.05, 4.69) is 19.9 Å². The molecule has 31 heavy (non-hydrogen) atoms. The molecule has 2 N–H and O–H groups in total. The summed E-state index contributed by atoms with van der Waals surface area (Å²) in [4.78, 5) is 35.8. The smallest absolute Gasteiger partial charge is 0.269 e. The molecule has 1 aliphatic rings. The highest BCUT2D eigenvalue weighted by molar-refractivity contribution is 7.07. The molecule has 10 heteroatoms. The van der Waals surface area contributed by atoms with E-state index in [1.54, 1.807) is 21.1 Å². The minimum absolute atomic E-state index is 0.00860. The number of imidazole rings is 1. The number of nitrogens with one attached hydrogen (secondary N) is 2. The SMILES string of the molecule is CNC(=O)c1[nH]c([C@H]2CCCN(C(=O)c3snnc3C)C2)nc1-c1ccc(OC)cc1. The lowest BCUT2D eigenvalue weighted by Gasteiger charge is -2.31. The molecule has 1 aliphatic heterocycles. The van der Waals surface area contributed by atoms with Crippen LogP contribution >= 0.6 is 11.5 Å². The Morgan fingerprint density at radius 2 is 2.06 bits per heavy atom. The van der Waals surface area contributed by atoms with E-state index in [9.17, 15) is 9.59 Å². The average molecular weight is 441 g/mol. The van der Waals surface area contributed by atoms with Crippen LogP contribution in [-0.4, -0.2) is 63.5 Å². The van der Waals surface area contributed by atoms with Gasteiger partial charge >= 0.3 is 0 Å². The molecule has 1 atom stereocenters. The van der Waals surface area contributed by atoms with E-state index in [-0.39, 0.29) is 17.7 Å². The number of rotatable bonds is 5. The first-order valence-electron chi connectivity index (χ1n) is 10.1. The number of hydrogen-bond donors (Lipinski definition) is 2. The van der Waals surface area contributed by atoms with Gasteiger partial charge in [0.15, 0.2) is 0 Å². The van der Waals surface area contributed by atoms with Crippen LogP contribution in [-0.2, 0) is 0 Å². The number of carbonyl (C=O) groups excluding carboxylic acids is 2. The lowest BCUT2D eigenvalue weighted by Crippen LogP contribution is -2.39. The van der Waals surface area contributed by atoms with Crippen LogP contribution in [0, 0.1) is 6.92 Å². The van der Waals surface area contributed by atoms with Crippen LogP contribution in [0.2, 0.25) is 0 Å². The van der Waals surface area contributed by atoms with Crippen molar-refractivity contribution in [2.75, 3.05) is 27.2 Å².